The molecule has 0 spiro atoms. The molecule has 1 aliphatic rings. The van der Waals surface area contributed by atoms with Crippen LogP contribution in [0.4, 0.5) is 0 Å². The van der Waals surface area contributed by atoms with E-state index in [1.165, 1.54) is 0 Å². The minimum absolute atomic E-state index is 0.0493. The summed E-state index contributed by atoms with van der Waals surface area (Å²) >= 11 is 0. The van der Waals surface area contributed by atoms with Gasteiger partial charge in [0.1, 0.15) is 0 Å². The molecule has 4 nitrogen and oxygen atoms in total. The average molecular weight is 191 g/mol. The summed E-state index contributed by atoms with van der Waals surface area (Å²) in [5, 5.41) is 0. The van der Waals surface area contributed by atoms with E-state index in [9.17, 15) is 9.59 Å². The van der Waals surface area contributed by atoms with Crippen molar-refractivity contribution in [2.45, 2.75) is 18.8 Å². The first-order valence-corrected chi connectivity index (χ1v) is 4.39. The van der Waals surface area contributed by atoms with Crippen LogP contribution in [0.25, 0.3) is 0 Å². The third-order valence-corrected chi connectivity index (χ3v) is 2.23. The van der Waals surface area contributed by atoms with Gasteiger partial charge in [-0.15, -0.1) is 0 Å². The molecule has 1 aliphatic heterocycles. The van der Waals surface area contributed by atoms with Crippen molar-refractivity contribution < 1.29 is 14.3 Å². The Morgan fingerprint density at radius 2 is 1.71 bits per heavy atom. The Balaban J connectivity index is 2.19. The van der Waals surface area contributed by atoms with Gasteiger partial charge in [0.2, 0.25) is 0 Å². The third-order valence-electron chi connectivity index (χ3n) is 2.23. The molecule has 1 saturated heterocycles. The van der Waals surface area contributed by atoms with Gasteiger partial charge in [-0.25, -0.2) is 0 Å². The molecular formula is C10H9NO3. The van der Waals surface area contributed by atoms with Crippen molar-refractivity contribution in [2.75, 3.05) is 0 Å². The second kappa shape index (κ2) is 3.57. The molecule has 0 unspecified atom stereocenters. The first-order valence-electron chi connectivity index (χ1n) is 4.39. The highest BCUT2D eigenvalue weighted by Gasteiger charge is 2.27. The maximum atomic E-state index is 11.0. The fourth-order valence-corrected chi connectivity index (χ4v) is 1.56. The number of esters is 2. The minimum Gasteiger partial charge on any atom is -0.393 e. The first kappa shape index (κ1) is 8.87. The molecular weight excluding hydrogens is 182 g/mol. The topological polar surface area (TPSA) is 56.3 Å². The van der Waals surface area contributed by atoms with Crippen LogP contribution in [-0.4, -0.2) is 16.9 Å². The molecule has 0 saturated carbocycles. The molecule has 2 rings (SSSR count). The van der Waals surface area contributed by atoms with Gasteiger partial charge in [-0.2, -0.15) is 0 Å². The fourth-order valence-electron chi connectivity index (χ4n) is 1.56. The normalized spacial score (nSPS) is 18.0. The molecule has 0 atom stereocenters. The fraction of sp³-hybridized carbons (Fsp3) is 0.300. The van der Waals surface area contributed by atoms with Gasteiger partial charge in [-0.3, -0.25) is 14.6 Å². The largest absolute Gasteiger partial charge is 0.393 e. The number of hydrogen-bond donors (Lipinski definition) is 0. The molecule has 2 heterocycles. The Hall–Kier alpha value is -1.71. The Labute approximate surface area is 80.9 Å². The molecule has 0 radical (unpaired) electrons. The van der Waals surface area contributed by atoms with E-state index in [1.807, 2.05) is 12.1 Å². The zero-order valence-electron chi connectivity index (χ0n) is 7.47. The number of carbonyl (C=O) groups is 2. The molecule has 1 fully saturated rings. The second-order valence-corrected chi connectivity index (χ2v) is 3.23. The summed E-state index contributed by atoms with van der Waals surface area (Å²) in [6, 6.07) is 3.63. The lowest BCUT2D eigenvalue weighted by Crippen LogP contribution is -2.24. The molecule has 1 aromatic heterocycles. The van der Waals surface area contributed by atoms with Crippen LogP contribution in [0.15, 0.2) is 24.5 Å². The van der Waals surface area contributed by atoms with Crippen molar-refractivity contribution in [1.82, 2.24) is 4.98 Å². The van der Waals surface area contributed by atoms with E-state index in [0.29, 0.717) is 0 Å². The van der Waals surface area contributed by atoms with Gasteiger partial charge < -0.3 is 4.74 Å². The molecule has 0 aromatic carbocycles. The van der Waals surface area contributed by atoms with Gasteiger partial charge in [0.25, 0.3) is 0 Å². The van der Waals surface area contributed by atoms with Gasteiger partial charge in [0.15, 0.2) is 0 Å². The molecule has 72 valence electrons. The van der Waals surface area contributed by atoms with Crippen molar-refractivity contribution in [3.8, 4) is 0 Å². The summed E-state index contributed by atoms with van der Waals surface area (Å²) < 4.78 is 4.44. The number of rotatable bonds is 1. The predicted molar refractivity (Wildman–Crippen MR) is 47.3 cm³/mol. The molecule has 14 heavy (non-hydrogen) atoms. The number of nitrogens with zero attached hydrogens (tertiary/aromatic N) is 1. The van der Waals surface area contributed by atoms with Gasteiger partial charge in [0, 0.05) is 18.3 Å². The molecule has 0 bridgehead atoms. The number of hydrogen-bond acceptors (Lipinski definition) is 4. The zero-order chi connectivity index (χ0) is 9.97. The van der Waals surface area contributed by atoms with E-state index in [0.717, 1.165) is 5.56 Å². The van der Waals surface area contributed by atoms with Crippen molar-refractivity contribution in [3.05, 3.63) is 30.1 Å². The van der Waals surface area contributed by atoms with Gasteiger partial charge in [-0.1, -0.05) is 0 Å². The van der Waals surface area contributed by atoms with Crippen molar-refractivity contribution >= 4 is 11.9 Å². The summed E-state index contributed by atoms with van der Waals surface area (Å²) in [4.78, 5) is 25.9. The number of carbonyl (C=O) groups excluding carboxylic acids is 2. The van der Waals surface area contributed by atoms with Gasteiger partial charge >= 0.3 is 11.9 Å². The molecule has 0 N–H and O–H groups in total. The number of cyclic esters (lactones) is 2. The third kappa shape index (κ3) is 1.79. The second-order valence-electron chi connectivity index (χ2n) is 3.23. The minimum atomic E-state index is -0.442. The van der Waals surface area contributed by atoms with E-state index >= 15 is 0 Å². The smallest absolute Gasteiger partial charge is 0.314 e. The van der Waals surface area contributed by atoms with E-state index in [1.54, 1.807) is 12.4 Å². The van der Waals surface area contributed by atoms with Gasteiger partial charge in [0.05, 0.1) is 12.8 Å². The summed E-state index contributed by atoms with van der Waals surface area (Å²) in [6.45, 7) is 0. The quantitative estimate of drug-likeness (QED) is 0.491. The van der Waals surface area contributed by atoms with Crippen LogP contribution in [0.2, 0.25) is 0 Å². The lowest BCUT2D eigenvalue weighted by molar-refractivity contribution is -0.163. The Morgan fingerprint density at radius 1 is 1.14 bits per heavy atom. The Kier molecular flexibility index (Phi) is 2.26. The predicted octanol–water partition coefficient (Wildman–Crippen LogP) is 1.03. The molecule has 1 aromatic rings. The van der Waals surface area contributed by atoms with E-state index in [4.69, 9.17) is 0 Å². The van der Waals surface area contributed by atoms with Crippen LogP contribution in [0.3, 0.4) is 0 Å². The average Bonchev–Trinajstić information content (AvgIpc) is 2.18. The summed E-state index contributed by atoms with van der Waals surface area (Å²) in [7, 11) is 0. The SMILES string of the molecule is O=C1CC(c2ccncc2)CC(=O)O1. The van der Waals surface area contributed by atoms with Crippen LogP contribution in [0.5, 0.6) is 0 Å². The maximum absolute atomic E-state index is 11.0. The highest BCUT2D eigenvalue weighted by atomic mass is 16.6. The summed E-state index contributed by atoms with van der Waals surface area (Å²) in [5.41, 5.74) is 0.963. The van der Waals surface area contributed by atoms with Crippen molar-refractivity contribution in [2.24, 2.45) is 0 Å². The molecule has 4 heteroatoms. The molecule has 0 amide bonds. The lowest BCUT2D eigenvalue weighted by atomic mass is 9.92. The first-order chi connectivity index (χ1) is 6.75. The summed E-state index contributed by atoms with van der Waals surface area (Å²) in [6.07, 6.45) is 3.85. The standard InChI is InChI=1S/C10H9NO3/c12-9-5-8(6-10(13)14-9)7-1-3-11-4-2-7/h1-4,8H,5-6H2. The van der Waals surface area contributed by atoms with Crippen LogP contribution in [-0.2, 0) is 14.3 Å². The number of ether oxygens (including phenoxy) is 1. The van der Waals surface area contributed by atoms with Crippen molar-refractivity contribution in [3.63, 3.8) is 0 Å². The van der Waals surface area contributed by atoms with Crippen LogP contribution in [0, 0.1) is 0 Å². The molecule has 0 aliphatic carbocycles. The van der Waals surface area contributed by atoms with E-state index in [2.05, 4.69) is 9.72 Å². The van der Waals surface area contributed by atoms with Crippen LogP contribution in [0.1, 0.15) is 24.3 Å². The van der Waals surface area contributed by atoms with Crippen LogP contribution >= 0.6 is 0 Å². The maximum Gasteiger partial charge on any atom is 0.314 e. The highest BCUT2D eigenvalue weighted by molar-refractivity contribution is 5.89. The van der Waals surface area contributed by atoms with E-state index < -0.39 is 11.9 Å². The number of aromatic nitrogens is 1. The zero-order valence-corrected chi connectivity index (χ0v) is 7.47. The lowest BCUT2D eigenvalue weighted by Gasteiger charge is -2.19. The highest BCUT2D eigenvalue weighted by Crippen LogP contribution is 2.27. The monoisotopic (exact) mass is 191 g/mol. The number of pyridine rings is 1. The Bertz CT molecular complexity index is 345. The van der Waals surface area contributed by atoms with E-state index in [-0.39, 0.29) is 18.8 Å². The van der Waals surface area contributed by atoms with Crippen molar-refractivity contribution in [1.29, 1.82) is 0 Å². The van der Waals surface area contributed by atoms with Gasteiger partial charge in [-0.05, 0) is 17.7 Å². The Morgan fingerprint density at radius 3 is 2.29 bits per heavy atom. The van der Waals surface area contributed by atoms with Crippen LogP contribution < -0.4 is 0 Å². The summed E-state index contributed by atoms with van der Waals surface area (Å²) in [5.74, 6) is -0.933.